The van der Waals surface area contributed by atoms with Crippen molar-refractivity contribution in [3.8, 4) is 0 Å². The summed E-state index contributed by atoms with van der Waals surface area (Å²) >= 11 is 0. The molecule has 0 aliphatic carbocycles. The van der Waals surface area contributed by atoms with Gasteiger partial charge in [-0.15, -0.1) is 0 Å². The molecule has 0 unspecified atom stereocenters. The molecule has 7 rings (SSSR count). The van der Waals surface area contributed by atoms with E-state index in [1.165, 1.54) is 43.8 Å². The molecule has 0 spiro atoms. The molecule has 2 aliphatic rings. The molecule has 50 heavy (non-hydrogen) atoms. The van der Waals surface area contributed by atoms with E-state index in [0.717, 1.165) is 37.1 Å². The fraction of sp³-hybridized carbons (Fsp3) is 0.381. The maximum atomic E-state index is 6.20. The summed E-state index contributed by atoms with van der Waals surface area (Å²) in [5.41, 5.74) is 7.49. The second-order valence-corrected chi connectivity index (χ2v) is 16.0. The molecule has 0 radical (unpaired) electrons. The van der Waals surface area contributed by atoms with Crippen LogP contribution >= 0.6 is 0 Å². The van der Waals surface area contributed by atoms with E-state index in [0.29, 0.717) is 26.4 Å². The first-order valence-electron chi connectivity index (χ1n) is 18.0. The summed E-state index contributed by atoms with van der Waals surface area (Å²) in [4.78, 5) is 4.83. The van der Waals surface area contributed by atoms with Crippen molar-refractivity contribution < 1.29 is 18.6 Å². The van der Waals surface area contributed by atoms with E-state index in [1.807, 2.05) is 0 Å². The number of hydrogen-bond donors (Lipinski definition) is 0. The fourth-order valence-corrected chi connectivity index (χ4v) is 7.44. The lowest BCUT2D eigenvalue weighted by atomic mass is 9.73. The fourth-order valence-electron chi connectivity index (χ4n) is 7.44. The lowest BCUT2D eigenvalue weighted by molar-refractivity contribution is 0.0341. The van der Waals surface area contributed by atoms with E-state index in [1.54, 1.807) is 0 Å². The topological polar surface area (TPSA) is 43.4 Å². The SMILES string of the molecule is CN(Cc1ccccc1B1OCC(C)(C)CO1)Cc1c2ccccc2c(CN(C)Cc2ccccc2B2OCC(C)(C)CO2)c2ccccc12. The monoisotopic (exact) mass is 668 g/mol. The first-order valence-corrected chi connectivity index (χ1v) is 18.0. The molecular weight excluding hydrogens is 618 g/mol. The molecule has 0 N–H and O–H groups in total. The second kappa shape index (κ2) is 14.6. The Labute approximate surface area is 298 Å². The predicted molar refractivity (Wildman–Crippen MR) is 207 cm³/mol. The van der Waals surface area contributed by atoms with Gasteiger partial charge in [0, 0.05) is 63.4 Å². The Balaban J connectivity index is 1.14. The number of benzene rings is 5. The maximum Gasteiger partial charge on any atom is 0.494 e. The highest BCUT2D eigenvalue weighted by atomic mass is 16.6. The standard InChI is InChI=1S/C42H50B2N2O4/c1-41(2)27-47-43(48-28-41)39-21-13-7-15-31(39)23-45(5)25-37-33-17-9-11-19-35(33)38(36-20-12-10-18-34(36)37)26-46(6)24-32-16-8-14-22-40(32)44-49-29-42(3,4)30-50-44/h7-22H,23-30H2,1-6H3. The predicted octanol–water partition coefficient (Wildman–Crippen LogP) is 6.79. The summed E-state index contributed by atoms with van der Waals surface area (Å²) < 4.78 is 24.8. The highest BCUT2D eigenvalue weighted by molar-refractivity contribution is 6.62. The van der Waals surface area contributed by atoms with Crippen molar-refractivity contribution in [1.82, 2.24) is 9.80 Å². The van der Waals surface area contributed by atoms with E-state index in [9.17, 15) is 0 Å². The van der Waals surface area contributed by atoms with Crippen molar-refractivity contribution >= 4 is 46.7 Å². The maximum absolute atomic E-state index is 6.20. The largest absolute Gasteiger partial charge is 0.494 e. The zero-order chi connectivity index (χ0) is 34.9. The molecule has 8 heteroatoms. The van der Waals surface area contributed by atoms with Crippen molar-refractivity contribution in [2.75, 3.05) is 40.5 Å². The molecule has 2 fully saturated rings. The quantitative estimate of drug-likeness (QED) is 0.121. The number of fused-ring (bicyclic) bond motifs is 2. The summed E-state index contributed by atoms with van der Waals surface area (Å²) in [5.74, 6) is 0. The minimum Gasteiger partial charge on any atom is -0.407 e. The third-order valence-corrected chi connectivity index (χ3v) is 10.0. The van der Waals surface area contributed by atoms with Crippen LogP contribution in [0.15, 0.2) is 97.1 Å². The van der Waals surface area contributed by atoms with Crippen LogP contribution in [0, 0.1) is 10.8 Å². The van der Waals surface area contributed by atoms with Crippen LogP contribution in [-0.4, -0.2) is 64.6 Å². The van der Waals surface area contributed by atoms with Gasteiger partial charge in [0.2, 0.25) is 0 Å². The number of nitrogens with zero attached hydrogens (tertiary/aromatic N) is 2. The van der Waals surface area contributed by atoms with Crippen LogP contribution in [-0.2, 0) is 44.8 Å². The van der Waals surface area contributed by atoms with Crippen molar-refractivity contribution in [1.29, 1.82) is 0 Å². The minimum absolute atomic E-state index is 0.0341. The van der Waals surface area contributed by atoms with Crippen LogP contribution in [0.25, 0.3) is 21.5 Å². The Bertz CT molecular complexity index is 1750. The van der Waals surface area contributed by atoms with Crippen molar-refractivity contribution in [2.24, 2.45) is 10.8 Å². The van der Waals surface area contributed by atoms with Gasteiger partial charge in [-0.2, -0.15) is 0 Å². The second-order valence-electron chi connectivity index (χ2n) is 16.0. The lowest BCUT2D eigenvalue weighted by Gasteiger charge is -2.34. The van der Waals surface area contributed by atoms with E-state index in [4.69, 9.17) is 18.6 Å². The Morgan fingerprint density at radius 3 is 1.10 bits per heavy atom. The molecule has 0 amide bonds. The summed E-state index contributed by atoms with van der Waals surface area (Å²) in [6.45, 7) is 14.7. The summed E-state index contributed by atoms with van der Waals surface area (Å²) in [6.07, 6.45) is 0. The third kappa shape index (κ3) is 7.71. The Kier molecular flexibility index (Phi) is 10.2. The van der Waals surface area contributed by atoms with Gasteiger partial charge in [0.05, 0.1) is 0 Å². The van der Waals surface area contributed by atoms with Crippen molar-refractivity contribution in [2.45, 2.75) is 53.9 Å². The molecule has 258 valence electrons. The summed E-state index contributed by atoms with van der Waals surface area (Å²) in [5, 5.41) is 5.23. The lowest BCUT2D eigenvalue weighted by Crippen LogP contribution is -2.48. The number of hydrogen-bond acceptors (Lipinski definition) is 6. The molecule has 5 aromatic rings. The first-order chi connectivity index (χ1) is 24.1. The van der Waals surface area contributed by atoms with Crippen LogP contribution in [0.5, 0.6) is 0 Å². The molecule has 0 bridgehead atoms. The number of rotatable bonds is 10. The van der Waals surface area contributed by atoms with Gasteiger partial charge < -0.3 is 18.6 Å². The van der Waals surface area contributed by atoms with Gasteiger partial charge >= 0.3 is 14.2 Å². The highest BCUT2D eigenvalue weighted by Gasteiger charge is 2.36. The zero-order valence-corrected chi connectivity index (χ0v) is 30.6. The normalized spacial score (nSPS) is 17.7. The van der Waals surface area contributed by atoms with Crippen molar-refractivity contribution in [3.63, 3.8) is 0 Å². The molecule has 2 saturated heterocycles. The van der Waals surface area contributed by atoms with Crippen LogP contribution in [0.3, 0.4) is 0 Å². The Morgan fingerprint density at radius 1 is 0.460 bits per heavy atom. The van der Waals surface area contributed by atoms with Gasteiger partial charge in [0.1, 0.15) is 0 Å². The molecule has 6 nitrogen and oxygen atoms in total. The third-order valence-electron chi connectivity index (χ3n) is 10.0. The Hall–Kier alpha value is -3.49. The average molecular weight is 668 g/mol. The summed E-state index contributed by atoms with van der Waals surface area (Å²) in [7, 11) is 3.78. The van der Waals surface area contributed by atoms with E-state index in [-0.39, 0.29) is 25.1 Å². The van der Waals surface area contributed by atoms with Crippen molar-refractivity contribution in [3.05, 3.63) is 119 Å². The summed E-state index contributed by atoms with van der Waals surface area (Å²) in [6, 6.07) is 35.0. The molecule has 0 saturated carbocycles. The van der Waals surface area contributed by atoms with Gasteiger partial charge in [-0.1, -0.05) is 125 Å². The van der Waals surface area contributed by atoms with E-state index < -0.39 is 0 Å². The van der Waals surface area contributed by atoms with Crippen LogP contribution in [0.4, 0.5) is 0 Å². The minimum atomic E-state index is -0.326. The van der Waals surface area contributed by atoms with Crippen LogP contribution in [0.1, 0.15) is 49.9 Å². The molecule has 0 atom stereocenters. The average Bonchev–Trinajstić information content (AvgIpc) is 3.10. The van der Waals surface area contributed by atoms with Gasteiger partial charge in [-0.3, -0.25) is 9.80 Å². The molecular formula is C42H50B2N2O4. The molecule has 0 aromatic heterocycles. The Morgan fingerprint density at radius 2 is 0.760 bits per heavy atom. The first kappa shape index (κ1) is 34.9. The van der Waals surface area contributed by atoms with Gasteiger partial charge in [-0.25, -0.2) is 0 Å². The molecule has 2 aliphatic heterocycles. The highest BCUT2D eigenvalue weighted by Crippen LogP contribution is 2.35. The van der Waals surface area contributed by atoms with Gasteiger partial charge in [0.25, 0.3) is 0 Å². The smallest absolute Gasteiger partial charge is 0.407 e. The van der Waals surface area contributed by atoms with Crippen LogP contribution < -0.4 is 10.9 Å². The van der Waals surface area contributed by atoms with E-state index >= 15 is 0 Å². The van der Waals surface area contributed by atoms with Gasteiger partial charge in [-0.05, 0) is 68.8 Å². The van der Waals surface area contributed by atoms with Gasteiger partial charge in [0.15, 0.2) is 0 Å². The molecule has 5 aromatic carbocycles. The van der Waals surface area contributed by atoms with E-state index in [2.05, 4.69) is 149 Å². The zero-order valence-electron chi connectivity index (χ0n) is 30.6. The molecule has 2 heterocycles. The van der Waals surface area contributed by atoms with Crippen LogP contribution in [0.2, 0.25) is 0 Å².